The van der Waals surface area contributed by atoms with Gasteiger partial charge in [0.2, 0.25) is 0 Å². The van der Waals surface area contributed by atoms with Crippen molar-refractivity contribution in [3.8, 4) is 0 Å². The largest absolute Gasteiger partial charge is 0.358 e. The van der Waals surface area contributed by atoms with Crippen molar-refractivity contribution in [3.63, 3.8) is 0 Å². The first-order valence-electron chi connectivity index (χ1n) is 8.44. The van der Waals surface area contributed by atoms with Gasteiger partial charge in [-0.1, -0.05) is 36.4 Å². The summed E-state index contributed by atoms with van der Waals surface area (Å²) in [5, 5.41) is 2.46. The molecule has 0 fully saturated rings. The molecule has 0 aliphatic carbocycles. The monoisotopic (exact) mass is 323 g/mol. The normalized spacial score (nSPS) is 11.6. The molecule has 0 amide bonds. The van der Waals surface area contributed by atoms with Crippen molar-refractivity contribution < 1.29 is 0 Å². The smallest absolute Gasteiger partial charge is 0.0643 e. The van der Waals surface area contributed by atoms with Crippen molar-refractivity contribution in [3.05, 3.63) is 102 Å². The summed E-state index contributed by atoms with van der Waals surface area (Å²) < 4.78 is 0. The fourth-order valence-corrected chi connectivity index (χ4v) is 3.59. The summed E-state index contributed by atoms with van der Waals surface area (Å²) in [6.07, 6.45) is 3.71. The molecule has 3 heteroatoms. The molecule has 3 heterocycles. The number of nitrogens with zero attached hydrogens (tertiary/aromatic N) is 1. The molecule has 2 aromatic carbocycles. The first-order chi connectivity index (χ1) is 12.4. The highest BCUT2D eigenvalue weighted by Gasteiger charge is 2.20. The Morgan fingerprint density at radius 1 is 0.640 bits per heavy atom. The summed E-state index contributed by atoms with van der Waals surface area (Å²) in [6.45, 7) is 0. The number of pyridine rings is 1. The molecule has 0 radical (unpaired) electrons. The van der Waals surface area contributed by atoms with Crippen molar-refractivity contribution in [2.45, 2.75) is 5.92 Å². The van der Waals surface area contributed by atoms with E-state index in [0.717, 1.165) is 11.0 Å². The van der Waals surface area contributed by atoms with E-state index in [1.165, 1.54) is 27.7 Å². The fourth-order valence-electron chi connectivity index (χ4n) is 3.59. The first-order valence-corrected chi connectivity index (χ1v) is 8.44. The van der Waals surface area contributed by atoms with E-state index in [-0.39, 0.29) is 5.92 Å². The number of fused-ring (bicyclic) bond motifs is 2. The highest BCUT2D eigenvalue weighted by molar-refractivity contribution is 5.82. The summed E-state index contributed by atoms with van der Waals surface area (Å²) in [5.74, 6) is 0.114. The summed E-state index contributed by atoms with van der Waals surface area (Å²) in [6, 6.07) is 25.4. The SMILES string of the molecule is c1ccc2[nH]c(C(c3ccncc3)c3cc4ccccc4[nH]3)cc2c1. The predicted molar refractivity (Wildman–Crippen MR) is 102 cm³/mol. The highest BCUT2D eigenvalue weighted by atomic mass is 14.8. The van der Waals surface area contributed by atoms with Crippen LogP contribution in [0, 0.1) is 0 Å². The van der Waals surface area contributed by atoms with Gasteiger partial charge in [-0.2, -0.15) is 0 Å². The van der Waals surface area contributed by atoms with Crippen LogP contribution in [0.5, 0.6) is 0 Å². The van der Waals surface area contributed by atoms with E-state index in [0.29, 0.717) is 0 Å². The van der Waals surface area contributed by atoms with Gasteiger partial charge in [-0.3, -0.25) is 4.98 Å². The van der Waals surface area contributed by atoms with Crippen molar-refractivity contribution in [2.24, 2.45) is 0 Å². The van der Waals surface area contributed by atoms with Crippen LogP contribution in [0.1, 0.15) is 22.9 Å². The van der Waals surface area contributed by atoms with Crippen molar-refractivity contribution in [2.75, 3.05) is 0 Å². The quantitative estimate of drug-likeness (QED) is 0.469. The van der Waals surface area contributed by atoms with Gasteiger partial charge in [0.15, 0.2) is 0 Å². The second-order valence-corrected chi connectivity index (χ2v) is 6.34. The van der Waals surface area contributed by atoms with E-state index in [9.17, 15) is 0 Å². The molecule has 0 saturated heterocycles. The molecule has 0 aliphatic heterocycles. The molecule has 0 bridgehead atoms. The maximum absolute atomic E-state index is 4.18. The van der Waals surface area contributed by atoms with Gasteiger partial charge in [0.25, 0.3) is 0 Å². The van der Waals surface area contributed by atoms with Gasteiger partial charge in [-0.25, -0.2) is 0 Å². The number of para-hydroxylation sites is 2. The topological polar surface area (TPSA) is 44.5 Å². The highest BCUT2D eigenvalue weighted by Crippen LogP contribution is 2.34. The molecule has 3 nitrogen and oxygen atoms in total. The van der Waals surface area contributed by atoms with E-state index in [2.05, 4.69) is 87.7 Å². The molecule has 5 aromatic rings. The van der Waals surface area contributed by atoms with E-state index in [4.69, 9.17) is 0 Å². The number of H-pyrrole nitrogens is 2. The van der Waals surface area contributed by atoms with Gasteiger partial charge >= 0.3 is 0 Å². The maximum atomic E-state index is 4.18. The lowest BCUT2D eigenvalue weighted by Gasteiger charge is -2.15. The average Bonchev–Trinajstić information content (AvgIpc) is 3.26. The number of nitrogens with one attached hydrogen (secondary N) is 2. The second-order valence-electron chi connectivity index (χ2n) is 6.34. The minimum atomic E-state index is 0.114. The van der Waals surface area contributed by atoms with Crippen LogP contribution in [-0.2, 0) is 0 Å². The van der Waals surface area contributed by atoms with Gasteiger partial charge in [0.05, 0.1) is 5.92 Å². The van der Waals surface area contributed by atoms with Gasteiger partial charge in [0, 0.05) is 34.8 Å². The Balaban J connectivity index is 1.73. The van der Waals surface area contributed by atoms with Crippen LogP contribution in [0.2, 0.25) is 0 Å². The zero-order chi connectivity index (χ0) is 16.6. The minimum Gasteiger partial charge on any atom is -0.358 e. The lowest BCUT2D eigenvalue weighted by atomic mass is 9.93. The van der Waals surface area contributed by atoms with Crippen molar-refractivity contribution >= 4 is 21.8 Å². The van der Waals surface area contributed by atoms with E-state index in [1.807, 2.05) is 12.4 Å². The third-order valence-corrected chi connectivity index (χ3v) is 4.76. The zero-order valence-corrected chi connectivity index (χ0v) is 13.6. The minimum absolute atomic E-state index is 0.114. The van der Waals surface area contributed by atoms with Gasteiger partial charge in [-0.15, -0.1) is 0 Å². The molecule has 0 atom stereocenters. The number of rotatable bonds is 3. The third kappa shape index (κ3) is 2.41. The number of hydrogen-bond donors (Lipinski definition) is 2. The van der Waals surface area contributed by atoms with Gasteiger partial charge in [-0.05, 0) is 52.7 Å². The Morgan fingerprint density at radius 2 is 1.16 bits per heavy atom. The predicted octanol–water partition coefficient (Wildman–Crippen LogP) is 5.22. The average molecular weight is 323 g/mol. The number of benzene rings is 2. The van der Waals surface area contributed by atoms with Crippen LogP contribution < -0.4 is 0 Å². The van der Waals surface area contributed by atoms with Crippen LogP contribution >= 0.6 is 0 Å². The molecule has 25 heavy (non-hydrogen) atoms. The number of aromatic amines is 2. The fraction of sp³-hybridized carbons (Fsp3) is 0.0455. The summed E-state index contributed by atoms with van der Waals surface area (Å²) in [5.41, 5.74) is 5.89. The van der Waals surface area contributed by atoms with E-state index >= 15 is 0 Å². The zero-order valence-electron chi connectivity index (χ0n) is 13.6. The first kappa shape index (κ1) is 14.1. The molecule has 0 saturated carbocycles. The molecule has 5 rings (SSSR count). The molecule has 0 unspecified atom stereocenters. The Labute approximate surface area is 145 Å². The van der Waals surface area contributed by atoms with E-state index in [1.54, 1.807) is 0 Å². The van der Waals surface area contributed by atoms with Crippen LogP contribution in [0.3, 0.4) is 0 Å². The molecular formula is C22H17N3. The van der Waals surface area contributed by atoms with Crippen LogP contribution in [0.25, 0.3) is 21.8 Å². The second kappa shape index (κ2) is 5.64. The molecule has 2 N–H and O–H groups in total. The Morgan fingerprint density at radius 3 is 1.68 bits per heavy atom. The van der Waals surface area contributed by atoms with Crippen LogP contribution in [0.4, 0.5) is 0 Å². The summed E-state index contributed by atoms with van der Waals surface area (Å²) >= 11 is 0. The molecule has 120 valence electrons. The molecule has 0 spiro atoms. The van der Waals surface area contributed by atoms with Crippen LogP contribution in [0.15, 0.2) is 85.2 Å². The lowest BCUT2D eigenvalue weighted by Crippen LogP contribution is -2.04. The summed E-state index contributed by atoms with van der Waals surface area (Å²) in [4.78, 5) is 11.4. The Hall–Kier alpha value is -3.33. The third-order valence-electron chi connectivity index (χ3n) is 4.76. The lowest BCUT2D eigenvalue weighted by molar-refractivity contribution is 0.903. The van der Waals surface area contributed by atoms with Crippen molar-refractivity contribution in [1.82, 2.24) is 15.0 Å². The number of hydrogen-bond acceptors (Lipinski definition) is 1. The number of aromatic nitrogens is 3. The standard InChI is InChI=1S/C22H17N3/c1-3-7-18-16(5-1)13-20(24-18)22(15-9-11-23-12-10-15)21-14-17-6-2-4-8-19(17)25-21/h1-14,22,24-25H. The molecule has 0 aliphatic rings. The van der Waals surface area contributed by atoms with E-state index < -0.39 is 0 Å². The van der Waals surface area contributed by atoms with Gasteiger partial charge < -0.3 is 9.97 Å². The van der Waals surface area contributed by atoms with Crippen LogP contribution in [-0.4, -0.2) is 15.0 Å². The van der Waals surface area contributed by atoms with Crippen molar-refractivity contribution in [1.29, 1.82) is 0 Å². The summed E-state index contributed by atoms with van der Waals surface area (Å²) in [7, 11) is 0. The molecular weight excluding hydrogens is 306 g/mol. The Kier molecular flexibility index (Phi) is 3.17. The van der Waals surface area contributed by atoms with Gasteiger partial charge in [0.1, 0.15) is 0 Å². The molecule has 3 aromatic heterocycles. The maximum Gasteiger partial charge on any atom is 0.0643 e. The Bertz CT molecular complexity index is 1010.